The average Bonchev–Trinajstić information content (AvgIpc) is 2.45. The van der Waals surface area contributed by atoms with Crippen molar-refractivity contribution in [2.45, 2.75) is 13.5 Å². The zero-order valence-electron chi connectivity index (χ0n) is 12.6. The number of benzene rings is 1. The minimum absolute atomic E-state index is 0.177. The Morgan fingerprint density at radius 2 is 1.75 bits per heavy atom. The zero-order chi connectivity index (χ0) is 14.8. The molecule has 0 heterocycles. The van der Waals surface area contributed by atoms with Crippen molar-refractivity contribution >= 4 is 0 Å². The number of aromatic hydroxyl groups is 1. The molecule has 5 nitrogen and oxygen atoms in total. The third-order valence-electron chi connectivity index (χ3n) is 2.95. The summed E-state index contributed by atoms with van der Waals surface area (Å²) in [6.07, 6.45) is 0. The predicted octanol–water partition coefficient (Wildman–Crippen LogP) is 1.89. The molecule has 1 aromatic carbocycles. The van der Waals surface area contributed by atoms with Crippen LogP contribution in [0.4, 0.5) is 0 Å². The van der Waals surface area contributed by atoms with Crippen LogP contribution in [-0.2, 0) is 16.0 Å². The van der Waals surface area contributed by atoms with Crippen LogP contribution in [-0.4, -0.2) is 57.1 Å². The van der Waals surface area contributed by atoms with Gasteiger partial charge in [-0.05, 0) is 24.6 Å². The Labute approximate surface area is 121 Å². The molecule has 5 heteroatoms. The summed E-state index contributed by atoms with van der Waals surface area (Å²) in [6, 6.07) is 5.46. The monoisotopic (exact) mass is 283 g/mol. The van der Waals surface area contributed by atoms with Crippen molar-refractivity contribution in [3.05, 3.63) is 23.8 Å². The van der Waals surface area contributed by atoms with Crippen LogP contribution in [0, 0.1) is 0 Å². The lowest BCUT2D eigenvalue weighted by Crippen LogP contribution is -2.30. The van der Waals surface area contributed by atoms with Gasteiger partial charge in [0.2, 0.25) is 0 Å². The van der Waals surface area contributed by atoms with Crippen LogP contribution in [0.25, 0.3) is 0 Å². The van der Waals surface area contributed by atoms with Gasteiger partial charge in [0.1, 0.15) is 0 Å². The van der Waals surface area contributed by atoms with E-state index in [0.29, 0.717) is 25.6 Å². The van der Waals surface area contributed by atoms with Crippen molar-refractivity contribution < 1.29 is 19.3 Å². The molecule has 0 aromatic heterocycles. The molecule has 0 aliphatic carbocycles. The van der Waals surface area contributed by atoms with E-state index in [4.69, 9.17) is 14.2 Å². The fourth-order valence-electron chi connectivity index (χ4n) is 1.90. The number of ether oxygens (including phenoxy) is 3. The Kier molecular flexibility index (Phi) is 8.02. The molecule has 1 aromatic rings. The number of phenols is 1. The van der Waals surface area contributed by atoms with Crippen LogP contribution < -0.4 is 4.74 Å². The fraction of sp³-hybridized carbons (Fsp3) is 0.600. The van der Waals surface area contributed by atoms with Crippen LogP contribution in [0.15, 0.2) is 18.2 Å². The smallest absolute Gasteiger partial charge is 0.161 e. The highest BCUT2D eigenvalue weighted by atomic mass is 16.5. The normalized spacial score (nSPS) is 11.0. The van der Waals surface area contributed by atoms with Crippen molar-refractivity contribution in [2.75, 3.05) is 47.1 Å². The van der Waals surface area contributed by atoms with Crippen molar-refractivity contribution in [1.82, 2.24) is 4.90 Å². The molecular weight excluding hydrogens is 258 g/mol. The first-order valence-electron chi connectivity index (χ1n) is 6.86. The van der Waals surface area contributed by atoms with E-state index in [1.807, 2.05) is 19.1 Å². The molecule has 0 radical (unpaired) electrons. The quantitative estimate of drug-likeness (QED) is 0.710. The minimum atomic E-state index is 0.177. The van der Waals surface area contributed by atoms with E-state index in [-0.39, 0.29) is 5.75 Å². The molecular formula is C15H25NO4. The molecule has 0 spiro atoms. The number of nitrogens with zero attached hydrogens (tertiary/aromatic N) is 1. The van der Waals surface area contributed by atoms with E-state index in [1.165, 1.54) is 0 Å². The van der Waals surface area contributed by atoms with Gasteiger partial charge in [-0.15, -0.1) is 0 Å². The van der Waals surface area contributed by atoms with E-state index < -0.39 is 0 Å². The average molecular weight is 283 g/mol. The van der Waals surface area contributed by atoms with Gasteiger partial charge >= 0.3 is 0 Å². The molecule has 0 unspecified atom stereocenters. The van der Waals surface area contributed by atoms with E-state index in [9.17, 15) is 5.11 Å². The molecule has 1 rings (SSSR count). The molecule has 0 atom stereocenters. The minimum Gasteiger partial charge on any atom is -0.504 e. The summed E-state index contributed by atoms with van der Waals surface area (Å²) in [5.74, 6) is 0.708. The summed E-state index contributed by atoms with van der Waals surface area (Å²) in [7, 11) is 3.39. The highest BCUT2D eigenvalue weighted by Gasteiger charge is 2.09. The largest absolute Gasteiger partial charge is 0.504 e. The third-order valence-corrected chi connectivity index (χ3v) is 2.95. The van der Waals surface area contributed by atoms with Crippen LogP contribution in [0.3, 0.4) is 0 Å². The van der Waals surface area contributed by atoms with Gasteiger partial charge in [0.15, 0.2) is 11.5 Å². The molecule has 20 heavy (non-hydrogen) atoms. The Morgan fingerprint density at radius 3 is 2.30 bits per heavy atom. The fourth-order valence-corrected chi connectivity index (χ4v) is 1.90. The Balaban J connectivity index is 2.68. The van der Waals surface area contributed by atoms with Crippen molar-refractivity contribution in [1.29, 1.82) is 0 Å². The standard InChI is InChI=1S/C15H25NO4/c1-4-20-15-11-13(5-6-14(15)17)12-16(7-9-18-2)8-10-19-3/h5-6,11,17H,4,7-10,12H2,1-3H3. The van der Waals surface area contributed by atoms with Crippen molar-refractivity contribution in [3.63, 3.8) is 0 Å². The zero-order valence-corrected chi connectivity index (χ0v) is 12.6. The molecule has 0 amide bonds. The van der Waals surface area contributed by atoms with E-state index >= 15 is 0 Å². The summed E-state index contributed by atoms with van der Waals surface area (Å²) in [5, 5.41) is 9.70. The summed E-state index contributed by atoms with van der Waals surface area (Å²) in [6.45, 7) is 6.24. The Morgan fingerprint density at radius 1 is 1.10 bits per heavy atom. The second kappa shape index (κ2) is 9.58. The van der Waals surface area contributed by atoms with Crippen molar-refractivity contribution in [3.8, 4) is 11.5 Å². The van der Waals surface area contributed by atoms with Gasteiger partial charge in [-0.25, -0.2) is 0 Å². The van der Waals surface area contributed by atoms with Crippen molar-refractivity contribution in [2.24, 2.45) is 0 Å². The number of phenolic OH excluding ortho intramolecular Hbond substituents is 1. The maximum absolute atomic E-state index is 9.70. The second-order valence-electron chi connectivity index (χ2n) is 4.50. The molecule has 0 saturated carbocycles. The highest BCUT2D eigenvalue weighted by Crippen LogP contribution is 2.27. The van der Waals surface area contributed by atoms with E-state index in [0.717, 1.165) is 25.2 Å². The van der Waals surface area contributed by atoms with Gasteiger partial charge in [0.05, 0.1) is 19.8 Å². The van der Waals surface area contributed by atoms with Crippen LogP contribution >= 0.6 is 0 Å². The van der Waals surface area contributed by atoms with E-state index in [1.54, 1.807) is 20.3 Å². The molecule has 0 aliphatic heterocycles. The van der Waals surface area contributed by atoms with Gasteiger partial charge in [0, 0.05) is 33.9 Å². The Bertz CT molecular complexity index is 376. The third kappa shape index (κ3) is 5.77. The lowest BCUT2D eigenvalue weighted by molar-refractivity contribution is 0.110. The predicted molar refractivity (Wildman–Crippen MR) is 78.3 cm³/mol. The number of hydrogen-bond donors (Lipinski definition) is 1. The highest BCUT2D eigenvalue weighted by molar-refractivity contribution is 5.41. The summed E-state index contributed by atoms with van der Waals surface area (Å²) >= 11 is 0. The first kappa shape index (κ1) is 16.8. The first-order valence-corrected chi connectivity index (χ1v) is 6.86. The first-order chi connectivity index (χ1) is 9.71. The maximum atomic E-state index is 9.70. The SMILES string of the molecule is CCOc1cc(CN(CCOC)CCOC)ccc1O. The van der Waals surface area contributed by atoms with Gasteiger partial charge < -0.3 is 19.3 Å². The van der Waals surface area contributed by atoms with E-state index in [2.05, 4.69) is 4.90 Å². The lowest BCUT2D eigenvalue weighted by atomic mass is 10.2. The van der Waals surface area contributed by atoms with Crippen LogP contribution in [0.1, 0.15) is 12.5 Å². The molecule has 0 aliphatic rings. The lowest BCUT2D eigenvalue weighted by Gasteiger charge is -2.22. The molecule has 114 valence electrons. The van der Waals surface area contributed by atoms with Gasteiger partial charge in [0.25, 0.3) is 0 Å². The number of rotatable bonds is 10. The number of methoxy groups -OCH3 is 2. The van der Waals surface area contributed by atoms with Gasteiger partial charge in [-0.1, -0.05) is 6.07 Å². The number of hydrogen-bond acceptors (Lipinski definition) is 5. The van der Waals surface area contributed by atoms with Crippen LogP contribution in [0.5, 0.6) is 11.5 Å². The summed E-state index contributed by atoms with van der Waals surface area (Å²) < 4.78 is 15.7. The summed E-state index contributed by atoms with van der Waals surface area (Å²) in [4.78, 5) is 2.25. The van der Waals surface area contributed by atoms with Gasteiger partial charge in [-0.3, -0.25) is 4.90 Å². The maximum Gasteiger partial charge on any atom is 0.161 e. The van der Waals surface area contributed by atoms with Gasteiger partial charge in [-0.2, -0.15) is 0 Å². The second-order valence-corrected chi connectivity index (χ2v) is 4.50. The van der Waals surface area contributed by atoms with Crippen LogP contribution in [0.2, 0.25) is 0 Å². The Hall–Kier alpha value is -1.30. The molecule has 0 saturated heterocycles. The molecule has 0 bridgehead atoms. The summed E-state index contributed by atoms with van der Waals surface area (Å²) in [5.41, 5.74) is 1.10. The topological polar surface area (TPSA) is 51.2 Å². The molecule has 0 fully saturated rings. The molecule has 1 N–H and O–H groups in total.